The van der Waals surface area contributed by atoms with Gasteiger partial charge in [-0.25, -0.2) is 4.98 Å². The van der Waals surface area contributed by atoms with Gasteiger partial charge in [-0.15, -0.1) is 0 Å². The third-order valence-corrected chi connectivity index (χ3v) is 2.56. The number of hydrogen-bond acceptors (Lipinski definition) is 4. The monoisotopic (exact) mass is 225 g/mol. The van der Waals surface area contributed by atoms with Gasteiger partial charge in [0.2, 0.25) is 5.95 Å². The lowest BCUT2D eigenvalue weighted by molar-refractivity contribution is 0.216. The van der Waals surface area contributed by atoms with Crippen LogP contribution in [0.4, 0.5) is 10.1 Å². The molecule has 0 unspecified atom stereocenters. The maximum Gasteiger partial charge on any atom is 0.236 e. The van der Waals surface area contributed by atoms with E-state index in [4.69, 9.17) is 4.74 Å². The van der Waals surface area contributed by atoms with Gasteiger partial charge >= 0.3 is 0 Å². The van der Waals surface area contributed by atoms with Gasteiger partial charge in [0, 0.05) is 18.7 Å². The van der Waals surface area contributed by atoms with Crippen LogP contribution in [0.25, 0.3) is 0 Å². The molecule has 88 valence electrons. The van der Waals surface area contributed by atoms with E-state index in [9.17, 15) is 4.39 Å². The van der Waals surface area contributed by atoms with Gasteiger partial charge in [-0.2, -0.15) is 4.39 Å². The third kappa shape index (κ3) is 2.61. The minimum absolute atomic E-state index is 0.390. The van der Waals surface area contributed by atoms with Crippen LogP contribution in [0.3, 0.4) is 0 Å². The summed E-state index contributed by atoms with van der Waals surface area (Å²) in [7, 11) is 0. The molecule has 2 N–H and O–H groups in total. The Hall–Kier alpha value is -1.36. The molecule has 0 bridgehead atoms. The first-order valence-electron chi connectivity index (χ1n) is 5.55. The highest BCUT2D eigenvalue weighted by molar-refractivity contribution is 5.46. The summed E-state index contributed by atoms with van der Waals surface area (Å²) in [4.78, 5) is 3.64. The number of rotatable bonds is 5. The minimum Gasteiger partial charge on any atom is -0.490 e. The van der Waals surface area contributed by atoms with Crippen molar-refractivity contribution in [3.63, 3.8) is 0 Å². The number of anilines is 1. The van der Waals surface area contributed by atoms with Crippen molar-refractivity contribution in [2.45, 2.75) is 19.4 Å². The summed E-state index contributed by atoms with van der Waals surface area (Å²) in [5.41, 5.74) is 0.390. The van der Waals surface area contributed by atoms with Crippen molar-refractivity contribution in [3.05, 3.63) is 18.2 Å². The molecule has 1 saturated heterocycles. The molecule has 1 aromatic rings. The minimum atomic E-state index is -0.490. The molecule has 0 amide bonds. The maximum absolute atomic E-state index is 13.2. The van der Waals surface area contributed by atoms with E-state index in [1.165, 1.54) is 6.20 Å². The van der Waals surface area contributed by atoms with E-state index >= 15 is 0 Å². The number of halogens is 1. The molecule has 5 heteroatoms. The normalized spacial score (nSPS) is 19.0. The highest BCUT2D eigenvalue weighted by Crippen LogP contribution is 2.19. The highest BCUT2D eigenvalue weighted by atomic mass is 19.1. The summed E-state index contributed by atoms with van der Waals surface area (Å²) in [6, 6.07) is 2.07. The Bertz CT molecular complexity index is 355. The van der Waals surface area contributed by atoms with E-state index in [0.717, 1.165) is 13.0 Å². The third-order valence-electron chi connectivity index (χ3n) is 2.56. The molecule has 1 aliphatic heterocycles. The first-order valence-corrected chi connectivity index (χ1v) is 5.55. The van der Waals surface area contributed by atoms with Crippen molar-refractivity contribution in [3.8, 4) is 5.75 Å². The smallest absolute Gasteiger partial charge is 0.236 e. The molecular weight excluding hydrogens is 209 g/mol. The summed E-state index contributed by atoms with van der Waals surface area (Å²) in [5, 5.41) is 6.13. The molecule has 2 rings (SSSR count). The van der Waals surface area contributed by atoms with E-state index in [1.807, 2.05) is 6.92 Å². The Morgan fingerprint density at radius 2 is 2.50 bits per heavy atom. The molecular formula is C11H16FN3O. The van der Waals surface area contributed by atoms with E-state index in [1.54, 1.807) is 6.07 Å². The van der Waals surface area contributed by atoms with Crippen LogP contribution in [0.2, 0.25) is 0 Å². The van der Waals surface area contributed by atoms with Crippen molar-refractivity contribution in [2.24, 2.45) is 0 Å². The van der Waals surface area contributed by atoms with Gasteiger partial charge in [0.15, 0.2) is 0 Å². The van der Waals surface area contributed by atoms with Crippen molar-refractivity contribution < 1.29 is 9.13 Å². The second-order valence-corrected chi connectivity index (χ2v) is 3.79. The Balaban J connectivity index is 1.94. The molecule has 0 spiro atoms. The lowest BCUT2D eigenvalue weighted by Gasteiger charge is -2.27. The molecule has 1 aromatic heterocycles. The Labute approximate surface area is 94.2 Å². The Morgan fingerprint density at radius 1 is 1.69 bits per heavy atom. The number of pyridine rings is 1. The van der Waals surface area contributed by atoms with Crippen LogP contribution in [0, 0.1) is 5.95 Å². The van der Waals surface area contributed by atoms with E-state index in [2.05, 4.69) is 15.6 Å². The van der Waals surface area contributed by atoms with Crippen LogP contribution in [0.15, 0.2) is 12.3 Å². The molecule has 0 aliphatic carbocycles. The lowest BCUT2D eigenvalue weighted by Crippen LogP contribution is -2.46. The standard InChI is InChI=1S/C11H16FN3O/c1-2-13-10-5-9(6-15-11(10)12)16-7-8-3-4-14-8/h5-6,8,13-14H,2-4,7H2,1H3/t8-/m1/s1. The fourth-order valence-electron chi connectivity index (χ4n) is 1.51. The van der Waals surface area contributed by atoms with Crippen LogP contribution in [0.1, 0.15) is 13.3 Å². The first-order chi connectivity index (χ1) is 7.79. The van der Waals surface area contributed by atoms with Crippen LogP contribution < -0.4 is 15.4 Å². The van der Waals surface area contributed by atoms with Gasteiger partial charge in [-0.1, -0.05) is 0 Å². The number of ether oxygens (including phenoxy) is 1. The zero-order valence-electron chi connectivity index (χ0n) is 9.29. The average Bonchev–Trinajstić information content (AvgIpc) is 2.21. The summed E-state index contributed by atoms with van der Waals surface area (Å²) < 4.78 is 18.7. The molecule has 4 nitrogen and oxygen atoms in total. The predicted octanol–water partition coefficient (Wildman–Crippen LogP) is 1.39. The topological polar surface area (TPSA) is 46.2 Å². The zero-order valence-corrected chi connectivity index (χ0v) is 9.29. The van der Waals surface area contributed by atoms with E-state index < -0.39 is 5.95 Å². The van der Waals surface area contributed by atoms with Gasteiger partial charge in [0.1, 0.15) is 12.4 Å². The average molecular weight is 225 g/mol. The van der Waals surface area contributed by atoms with Crippen LogP contribution in [-0.2, 0) is 0 Å². The van der Waals surface area contributed by atoms with Gasteiger partial charge in [0.05, 0.1) is 11.9 Å². The summed E-state index contributed by atoms with van der Waals surface area (Å²) >= 11 is 0. The van der Waals surface area contributed by atoms with E-state index in [-0.39, 0.29) is 0 Å². The van der Waals surface area contributed by atoms with Crippen molar-refractivity contribution in [1.82, 2.24) is 10.3 Å². The van der Waals surface area contributed by atoms with Gasteiger partial charge in [-0.3, -0.25) is 0 Å². The Morgan fingerprint density at radius 3 is 3.12 bits per heavy atom. The zero-order chi connectivity index (χ0) is 11.4. The molecule has 0 radical (unpaired) electrons. The second kappa shape index (κ2) is 5.12. The van der Waals surface area contributed by atoms with Gasteiger partial charge in [0.25, 0.3) is 0 Å². The fourth-order valence-corrected chi connectivity index (χ4v) is 1.51. The maximum atomic E-state index is 13.2. The Kier molecular flexibility index (Phi) is 3.56. The summed E-state index contributed by atoms with van der Waals surface area (Å²) in [5.74, 6) is 0.113. The number of hydrogen-bond donors (Lipinski definition) is 2. The largest absolute Gasteiger partial charge is 0.490 e. The second-order valence-electron chi connectivity index (χ2n) is 3.79. The van der Waals surface area contributed by atoms with Gasteiger partial charge in [-0.05, 0) is 19.9 Å². The van der Waals surface area contributed by atoms with Gasteiger partial charge < -0.3 is 15.4 Å². The van der Waals surface area contributed by atoms with E-state index in [0.29, 0.717) is 30.6 Å². The van der Waals surface area contributed by atoms with Crippen LogP contribution >= 0.6 is 0 Å². The molecule has 1 aliphatic rings. The first kappa shape index (κ1) is 11.1. The molecule has 0 saturated carbocycles. The predicted molar refractivity (Wildman–Crippen MR) is 60.3 cm³/mol. The molecule has 16 heavy (non-hydrogen) atoms. The van der Waals surface area contributed by atoms with Crippen molar-refractivity contribution in [2.75, 3.05) is 25.0 Å². The highest BCUT2D eigenvalue weighted by Gasteiger charge is 2.16. The van der Waals surface area contributed by atoms with Crippen molar-refractivity contribution in [1.29, 1.82) is 0 Å². The van der Waals surface area contributed by atoms with Crippen molar-refractivity contribution >= 4 is 5.69 Å². The summed E-state index contributed by atoms with van der Waals surface area (Å²) in [6.07, 6.45) is 2.55. The van der Waals surface area contributed by atoms with Crippen LogP contribution in [0.5, 0.6) is 5.75 Å². The quantitative estimate of drug-likeness (QED) is 0.743. The van der Waals surface area contributed by atoms with Crippen LogP contribution in [-0.4, -0.2) is 30.7 Å². The lowest BCUT2D eigenvalue weighted by atomic mass is 10.1. The SMILES string of the molecule is CCNc1cc(OC[C@H]2CCN2)cnc1F. The molecule has 1 fully saturated rings. The molecule has 0 aromatic carbocycles. The number of aromatic nitrogens is 1. The number of nitrogens with one attached hydrogen (secondary N) is 2. The summed E-state index contributed by atoms with van der Waals surface area (Å²) in [6.45, 7) is 4.23. The number of nitrogens with zero attached hydrogens (tertiary/aromatic N) is 1. The molecule has 1 atom stereocenters. The molecule has 2 heterocycles. The fraction of sp³-hybridized carbons (Fsp3) is 0.545.